The van der Waals surface area contributed by atoms with Gasteiger partial charge >= 0.3 is 0 Å². The van der Waals surface area contributed by atoms with Crippen molar-refractivity contribution >= 4 is 11.6 Å². The van der Waals surface area contributed by atoms with Crippen LogP contribution in [0.25, 0.3) is 0 Å². The van der Waals surface area contributed by atoms with Crippen molar-refractivity contribution in [1.82, 2.24) is 5.32 Å². The average Bonchev–Trinajstić information content (AvgIpc) is 3.00. The van der Waals surface area contributed by atoms with Gasteiger partial charge in [-0.25, -0.2) is 0 Å². The number of carbonyl (C=O) groups is 1. The third-order valence-corrected chi connectivity index (χ3v) is 2.34. The van der Waals surface area contributed by atoms with Crippen molar-refractivity contribution in [2.75, 3.05) is 12.8 Å². The predicted octanol–water partition coefficient (Wildman–Crippen LogP) is 1.17. The molecule has 0 saturated heterocycles. The lowest BCUT2D eigenvalue weighted by molar-refractivity contribution is 0.0951. The largest absolute Gasteiger partial charge is 0.497 e. The summed E-state index contributed by atoms with van der Waals surface area (Å²) in [6.07, 6.45) is 2.15. The molecule has 1 amide bonds. The molecule has 0 aromatic heterocycles. The molecule has 2 rings (SSSR count). The number of ether oxygens (including phenoxy) is 1. The highest BCUT2D eigenvalue weighted by molar-refractivity contribution is 5.95. The molecule has 3 N–H and O–H groups in total. The van der Waals surface area contributed by atoms with Crippen molar-refractivity contribution in [2.24, 2.45) is 0 Å². The van der Waals surface area contributed by atoms with Crippen LogP contribution >= 0.6 is 0 Å². The highest BCUT2D eigenvalue weighted by atomic mass is 16.5. The minimum Gasteiger partial charge on any atom is -0.497 e. The summed E-state index contributed by atoms with van der Waals surface area (Å²) in [5.41, 5.74) is 6.75. The van der Waals surface area contributed by atoms with Gasteiger partial charge in [0, 0.05) is 23.4 Å². The van der Waals surface area contributed by atoms with Crippen LogP contribution in [-0.2, 0) is 0 Å². The van der Waals surface area contributed by atoms with Crippen molar-refractivity contribution in [2.45, 2.75) is 18.9 Å². The third-order valence-electron chi connectivity index (χ3n) is 2.34. The highest BCUT2D eigenvalue weighted by Crippen LogP contribution is 2.22. The Bertz CT molecular complexity index is 386. The van der Waals surface area contributed by atoms with Gasteiger partial charge in [-0.1, -0.05) is 0 Å². The van der Waals surface area contributed by atoms with Gasteiger partial charge in [0.15, 0.2) is 0 Å². The molecule has 0 aliphatic heterocycles. The van der Waals surface area contributed by atoms with Crippen molar-refractivity contribution in [3.8, 4) is 5.75 Å². The van der Waals surface area contributed by atoms with Crippen molar-refractivity contribution < 1.29 is 9.53 Å². The molecule has 0 heterocycles. The Balaban J connectivity index is 2.17. The van der Waals surface area contributed by atoms with Gasteiger partial charge in [-0.3, -0.25) is 4.79 Å². The van der Waals surface area contributed by atoms with Gasteiger partial charge in [0.25, 0.3) is 5.91 Å². The number of nitrogens with one attached hydrogen (secondary N) is 1. The Morgan fingerprint density at radius 2 is 2.20 bits per heavy atom. The minimum absolute atomic E-state index is 0.0805. The van der Waals surface area contributed by atoms with E-state index in [9.17, 15) is 4.79 Å². The molecule has 15 heavy (non-hydrogen) atoms. The molecule has 0 radical (unpaired) electrons. The van der Waals surface area contributed by atoms with E-state index in [1.807, 2.05) is 0 Å². The van der Waals surface area contributed by atoms with Crippen LogP contribution in [-0.4, -0.2) is 19.1 Å². The van der Waals surface area contributed by atoms with Gasteiger partial charge < -0.3 is 15.8 Å². The van der Waals surface area contributed by atoms with Crippen LogP contribution in [0.4, 0.5) is 5.69 Å². The van der Waals surface area contributed by atoms with E-state index in [4.69, 9.17) is 10.5 Å². The Morgan fingerprint density at radius 1 is 1.47 bits per heavy atom. The maximum atomic E-state index is 11.7. The van der Waals surface area contributed by atoms with Gasteiger partial charge in [-0.05, 0) is 25.0 Å². The summed E-state index contributed by atoms with van der Waals surface area (Å²) < 4.78 is 5.05. The number of methoxy groups -OCH3 is 1. The van der Waals surface area contributed by atoms with Gasteiger partial charge in [-0.15, -0.1) is 0 Å². The number of rotatable bonds is 3. The highest BCUT2D eigenvalue weighted by Gasteiger charge is 2.23. The first-order valence-corrected chi connectivity index (χ1v) is 4.94. The number of hydrogen-bond acceptors (Lipinski definition) is 3. The second-order valence-corrected chi connectivity index (χ2v) is 3.74. The topological polar surface area (TPSA) is 64.3 Å². The summed E-state index contributed by atoms with van der Waals surface area (Å²) in [6, 6.07) is 5.38. The summed E-state index contributed by atoms with van der Waals surface area (Å²) >= 11 is 0. The second kappa shape index (κ2) is 3.81. The Labute approximate surface area is 88.4 Å². The summed E-state index contributed by atoms with van der Waals surface area (Å²) in [7, 11) is 1.55. The number of amides is 1. The third kappa shape index (κ3) is 2.40. The molecular formula is C11H14N2O2. The van der Waals surface area contributed by atoms with Crippen LogP contribution in [0.15, 0.2) is 18.2 Å². The number of carbonyl (C=O) groups excluding carboxylic acids is 1. The monoisotopic (exact) mass is 206 g/mol. The van der Waals surface area contributed by atoms with E-state index in [0.717, 1.165) is 12.8 Å². The van der Waals surface area contributed by atoms with E-state index in [1.54, 1.807) is 25.3 Å². The maximum Gasteiger partial charge on any atom is 0.251 e. The van der Waals surface area contributed by atoms with Crippen LogP contribution in [0.3, 0.4) is 0 Å². The average molecular weight is 206 g/mol. The van der Waals surface area contributed by atoms with E-state index in [2.05, 4.69) is 5.32 Å². The number of nitrogens with two attached hydrogens (primary N) is 1. The number of nitrogen functional groups attached to an aromatic ring is 1. The lowest BCUT2D eigenvalue weighted by Gasteiger charge is -2.06. The molecule has 1 aliphatic rings. The standard InChI is InChI=1S/C11H14N2O2/c1-15-10-5-7(4-8(12)6-10)11(14)13-9-2-3-9/h4-6,9H,2-3,12H2,1H3,(H,13,14). The summed E-state index contributed by atoms with van der Waals surface area (Å²) in [4.78, 5) is 11.7. The lowest BCUT2D eigenvalue weighted by Crippen LogP contribution is -2.25. The number of hydrogen-bond donors (Lipinski definition) is 2. The molecule has 4 nitrogen and oxygen atoms in total. The van der Waals surface area contributed by atoms with Gasteiger partial charge in [0.2, 0.25) is 0 Å². The van der Waals surface area contributed by atoms with E-state index < -0.39 is 0 Å². The van der Waals surface area contributed by atoms with Crippen molar-refractivity contribution in [1.29, 1.82) is 0 Å². The number of anilines is 1. The molecule has 1 aromatic rings. The predicted molar refractivity (Wildman–Crippen MR) is 57.9 cm³/mol. The summed E-state index contributed by atoms with van der Waals surface area (Å²) in [5.74, 6) is 0.527. The molecule has 1 fully saturated rings. The molecule has 1 saturated carbocycles. The zero-order valence-electron chi connectivity index (χ0n) is 8.62. The van der Waals surface area contributed by atoms with Crippen LogP contribution < -0.4 is 15.8 Å². The van der Waals surface area contributed by atoms with Crippen LogP contribution in [0, 0.1) is 0 Å². The lowest BCUT2D eigenvalue weighted by atomic mass is 10.1. The fourth-order valence-corrected chi connectivity index (χ4v) is 1.37. The van der Waals surface area contributed by atoms with E-state index >= 15 is 0 Å². The fourth-order valence-electron chi connectivity index (χ4n) is 1.37. The molecular weight excluding hydrogens is 192 g/mol. The molecule has 1 aromatic carbocycles. The Kier molecular flexibility index (Phi) is 2.49. The van der Waals surface area contributed by atoms with E-state index in [0.29, 0.717) is 23.0 Å². The van der Waals surface area contributed by atoms with E-state index in [-0.39, 0.29) is 5.91 Å². The van der Waals surface area contributed by atoms with Crippen LogP contribution in [0.2, 0.25) is 0 Å². The first-order valence-electron chi connectivity index (χ1n) is 4.94. The molecule has 0 unspecified atom stereocenters. The van der Waals surface area contributed by atoms with E-state index in [1.165, 1.54) is 0 Å². The minimum atomic E-state index is -0.0805. The fraction of sp³-hybridized carbons (Fsp3) is 0.364. The van der Waals surface area contributed by atoms with Crippen LogP contribution in [0.1, 0.15) is 23.2 Å². The molecule has 1 aliphatic carbocycles. The molecule has 4 heteroatoms. The maximum absolute atomic E-state index is 11.7. The van der Waals surface area contributed by atoms with Crippen LogP contribution in [0.5, 0.6) is 5.75 Å². The first kappa shape index (κ1) is 9.83. The summed E-state index contributed by atoms with van der Waals surface area (Å²) in [6.45, 7) is 0. The van der Waals surface area contributed by atoms with Gasteiger partial charge in [0.1, 0.15) is 5.75 Å². The normalized spacial score (nSPS) is 14.7. The van der Waals surface area contributed by atoms with Gasteiger partial charge in [0.05, 0.1) is 7.11 Å². The molecule has 0 bridgehead atoms. The quantitative estimate of drug-likeness (QED) is 0.730. The zero-order chi connectivity index (χ0) is 10.8. The van der Waals surface area contributed by atoms with Crippen molar-refractivity contribution in [3.05, 3.63) is 23.8 Å². The summed E-state index contributed by atoms with van der Waals surface area (Å²) in [5, 5.41) is 2.90. The SMILES string of the molecule is COc1cc(N)cc(C(=O)NC2CC2)c1. The van der Waals surface area contributed by atoms with Gasteiger partial charge in [-0.2, -0.15) is 0 Å². The smallest absolute Gasteiger partial charge is 0.251 e. The molecule has 80 valence electrons. The Hall–Kier alpha value is -1.71. The zero-order valence-corrected chi connectivity index (χ0v) is 8.62. The molecule has 0 atom stereocenters. The molecule has 0 spiro atoms. The first-order chi connectivity index (χ1) is 7.19. The second-order valence-electron chi connectivity index (χ2n) is 3.74. The van der Waals surface area contributed by atoms with Crippen molar-refractivity contribution in [3.63, 3.8) is 0 Å². The Morgan fingerprint density at radius 3 is 2.80 bits per heavy atom. The number of benzene rings is 1.